The van der Waals surface area contributed by atoms with Crippen LogP contribution in [0.25, 0.3) is 11.4 Å². The van der Waals surface area contributed by atoms with Crippen molar-refractivity contribution in [3.63, 3.8) is 0 Å². The molecule has 4 aromatic heterocycles. The second-order valence-corrected chi connectivity index (χ2v) is 19.0. The summed E-state index contributed by atoms with van der Waals surface area (Å²) in [5, 5.41) is 0.232. The number of halogens is 5. The van der Waals surface area contributed by atoms with Crippen molar-refractivity contribution in [2.75, 3.05) is 132 Å². The molecule has 0 saturated carbocycles. The molecule has 4 aromatic rings. The van der Waals surface area contributed by atoms with E-state index in [0.29, 0.717) is 96.3 Å². The molecule has 0 spiro atoms. The third-order valence-electron chi connectivity index (χ3n) is 12.6. The number of aromatic nitrogens is 8. The van der Waals surface area contributed by atoms with Gasteiger partial charge in [0.15, 0.2) is 11.6 Å². The predicted octanol–water partition coefficient (Wildman–Crippen LogP) is 4.64. The van der Waals surface area contributed by atoms with Gasteiger partial charge in [-0.2, -0.15) is 29.9 Å². The maximum absolute atomic E-state index is 13.7. The van der Waals surface area contributed by atoms with Gasteiger partial charge in [0, 0.05) is 87.9 Å². The monoisotopic (exact) mass is 1030 g/mol. The van der Waals surface area contributed by atoms with Gasteiger partial charge in [-0.1, -0.05) is 0 Å². The average Bonchev–Trinajstić information content (AvgIpc) is 3.59. The van der Waals surface area contributed by atoms with Crippen molar-refractivity contribution in [2.45, 2.75) is 77.7 Å². The first-order valence-corrected chi connectivity index (χ1v) is 24.1. The minimum Gasteiger partial charge on any atom is -0.399 e. The van der Waals surface area contributed by atoms with E-state index in [4.69, 9.17) is 45.6 Å². The van der Waals surface area contributed by atoms with E-state index in [1.807, 2.05) is 44.4 Å². The molecule has 0 radical (unpaired) electrons. The van der Waals surface area contributed by atoms with E-state index in [0.717, 1.165) is 25.7 Å². The van der Waals surface area contributed by atoms with Gasteiger partial charge in [0.2, 0.25) is 29.1 Å². The van der Waals surface area contributed by atoms with Crippen LogP contribution in [0.2, 0.25) is 5.28 Å². The molecule has 9 heterocycles. The van der Waals surface area contributed by atoms with E-state index in [-0.39, 0.29) is 57.0 Å². The number of aliphatic imine (C=N–C) groups is 1. The Labute approximate surface area is 421 Å². The van der Waals surface area contributed by atoms with Crippen molar-refractivity contribution in [3.05, 3.63) is 40.9 Å². The van der Waals surface area contributed by atoms with Crippen molar-refractivity contribution in [3.8, 4) is 11.4 Å². The second-order valence-electron chi connectivity index (χ2n) is 18.7. The Morgan fingerprint density at radius 2 is 1.17 bits per heavy atom. The maximum atomic E-state index is 13.7. The van der Waals surface area contributed by atoms with Gasteiger partial charge in [0.05, 0.1) is 82.5 Å². The first kappa shape index (κ1) is 54.4. The summed E-state index contributed by atoms with van der Waals surface area (Å²) in [7, 11) is 2.70. The maximum Gasteiger partial charge on any atom is 0.496 e. The molecule has 9 rings (SSSR count). The summed E-state index contributed by atoms with van der Waals surface area (Å²) in [5.74, 6) is 2.51. The fourth-order valence-electron chi connectivity index (χ4n) is 7.85. The van der Waals surface area contributed by atoms with Gasteiger partial charge >= 0.3 is 7.12 Å². The molecule has 0 aliphatic carbocycles. The molecule has 0 amide bonds. The van der Waals surface area contributed by atoms with Crippen LogP contribution in [0, 0.1) is 0 Å². The van der Waals surface area contributed by atoms with E-state index in [2.05, 4.69) is 61.6 Å². The molecule has 72 heavy (non-hydrogen) atoms. The zero-order chi connectivity index (χ0) is 51.7. The highest BCUT2D eigenvalue weighted by molar-refractivity contribution is 6.62. The largest absolute Gasteiger partial charge is 0.496 e. The Bertz CT molecular complexity index is 2450. The molecule has 2 atom stereocenters. The second kappa shape index (κ2) is 24.1. The highest BCUT2D eigenvalue weighted by Crippen LogP contribution is 2.38. The van der Waals surface area contributed by atoms with Gasteiger partial charge in [-0.15, -0.1) is 0 Å². The number of pyridine rings is 2. The smallest absolute Gasteiger partial charge is 0.399 e. The Morgan fingerprint density at radius 3 is 1.68 bits per heavy atom. The number of morpholine rings is 4. The Balaban J connectivity index is 0.000000162. The van der Waals surface area contributed by atoms with E-state index in [1.54, 1.807) is 19.0 Å². The molecule has 0 bridgehead atoms. The van der Waals surface area contributed by atoms with Crippen LogP contribution in [-0.4, -0.2) is 188 Å². The van der Waals surface area contributed by atoms with E-state index < -0.39 is 31.2 Å². The summed E-state index contributed by atoms with van der Waals surface area (Å²) in [4.78, 5) is 48.7. The average molecular weight is 1030 g/mol. The number of anilines is 5. The predicted molar refractivity (Wildman–Crippen MR) is 265 cm³/mol. The fourth-order valence-corrected chi connectivity index (χ4v) is 8.00. The normalized spacial score (nSPS) is 21.2. The van der Waals surface area contributed by atoms with Crippen LogP contribution in [0.4, 0.5) is 53.0 Å². The molecule has 2 N–H and O–H groups in total. The van der Waals surface area contributed by atoms with Crippen molar-refractivity contribution >= 4 is 65.9 Å². The van der Waals surface area contributed by atoms with Gasteiger partial charge in [-0.25, -0.2) is 32.5 Å². The van der Waals surface area contributed by atoms with Gasteiger partial charge in [-0.3, -0.25) is 0 Å². The SMILES string of the molecule is CN(C)C=Nc1cc(C(F)F)c(B2OC(C)(C)C(C)(C)O2)cn1.C[C@H]1COCCN1c1nc(-c2cnc(N)cc2C(F)F)nc(N2CCOCC2)n1.C[C@H]1COCCN1c1nc(Cl)nc(N2CCOCC2)n1. The number of rotatable bonds is 10. The first-order chi connectivity index (χ1) is 34.3. The van der Waals surface area contributed by atoms with Crippen LogP contribution in [0.3, 0.4) is 0 Å². The minimum absolute atomic E-state index is 0.0218. The number of alkyl halides is 4. The topological polar surface area (TPSA) is 213 Å². The standard InChI is InChI=1S/C18H23F2N7O2.C15H22BF2N3O2.C12H18ClN5O2/c1-11-10-29-7-4-27(11)18-24-16(13-9-22-14(21)8-12(13)15(19)20)23-17(25-18)26-2-5-28-6-3-26;1-14(2)15(3,4)23-16(22-14)11-8-19-12(20-9-21(5)6)7-10(11)13(17)18;1-9-8-20-7-4-18(9)12-15-10(13)14-11(16-12)17-2-5-19-6-3-17/h8-9,11,15H,2-7,10H2,1H3,(H2,21,22);7-9,13H,1-6H3;9H,2-8H2,1H3/t11-;;9-/m0.0/s1. The molecular formula is C45H63BClF4N15O6. The molecule has 0 unspecified atom stereocenters. The number of nitrogen functional groups attached to an aromatic ring is 1. The molecule has 5 fully saturated rings. The Kier molecular flexibility index (Phi) is 18.2. The molecular weight excluding hydrogens is 969 g/mol. The molecule has 5 aliphatic heterocycles. The summed E-state index contributed by atoms with van der Waals surface area (Å²) < 4.78 is 87.6. The van der Waals surface area contributed by atoms with Crippen LogP contribution in [0.15, 0.2) is 29.5 Å². The lowest BCUT2D eigenvalue weighted by atomic mass is 9.77. The zero-order valence-electron chi connectivity index (χ0n) is 41.9. The van der Waals surface area contributed by atoms with Crippen LogP contribution in [0.5, 0.6) is 0 Å². The third kappa shape index (κ3) is 13.6. The summed E-state index contributed by atoms with van der Waals surface area (Å²) in [6, 6.07) is 2.72. The number of hydrogen-bond donors (Lipinski definition) is 1. The summed E-state index contributed by atoms with van der Waals surface area (Å²) in [6.45, 7) is 20.7. The number of nitrogens with zero attached hydrogens (tertiary/aromatic N) is 14. The number of ether oxygens (including phenoxy) is 4. The lowest BCUT2D eigenvalue weighted by Gasteiger charge is -2.34. The highest BCUT2D eigenvalue weighted by atomic mass is 35.5. The first-order valence-electron chi connectivity index (χ1n) is 23.7. The third-order valence-corrected chi connectivity index (χ3v) is 12.8. The Morgan fingerprint density at radius 1 is 0.681 bits per heavy atom. The van der Waals surface area contributed by atoms with E-state index >= 15 is 0 Å². The van der Waals surface area contributed by atoms with Gasteiger partial charge in [-0.05, 0) is 65.3 Å². The quantitative estimate of drug-likeness (QED) is 0.0992. The number of hydrogen-bond acceptors (Lipinski definition) is 20. The van der Waals surface area contributed by atoms with E-state index in [9.17, 15) is 17.6 Å². The van der Waals surface area contributed by atoms with Crippen molar-refractivity contribution in [1.29, 1.82) is 0 Å². The van der Waals surface area contributed by atoms with Crippen LogP contribution >= 0.6 is 11.6 Å². The summed E-state index contributed by atoms with van der Waals surface area (Å²) in [5.41, 5.74) is 4.37. The molecule has 5 saturated heterocycles. The molecule has 27 heteroatoms. The molecule has 0 aromatic carbocycles. The summed E-state index contributed by atoms with van der Waals surface area (Å²) >= 11 is 6.06. The van der Waals surface area contributed by atoms with Crippen LogP contribution < -0.4 is 30.8 Å². The minimum atomic E-state index is -2.73. The lowest BCUT2D eigenvalue weighted by Crippen LogP contribution is -2.45. The van der Waals surface area contributed by atoms with Gasteiger partial charge in [0.25, 0.3) is 12.9 Å². The van der Waals surface area contributed by atoms with Gasteiger partial charge < -0.3 is 58.5 Å². The number of nitrogens with two attached hydrogens (primary N) is 1. The zero-order valence-corrected chi connectivity index (χ0v) is 42.6. The highest BCUT2D eigenvalue weighted by Gasteiger charge is 2.52. The van der Waals surface area contributed by atoms with E-state index in [1.165, 1.54) is 24.8 Å². The van der Waals surface area contributed by atoms with Crippen molar-refractivity contribution in [2.24, 2.45) is 4.99 Å². The van der Waals surface area contributed by atoms with Crippen molar-refractivity contribution < 1.29 is 45.8 Å². The molecule has 21 nitrogen and oxygen atoms in total. The van der Waals surface area contributed by atoms with Gasteiger partial charge in [0.1, 0.15) is 5.82 Å². The Hall–Kier alpha value is -5.38. The van der Waals surface area contributed by atoms with Crippen molar-refractivity contribution in [1.82, 2.24) is 44.8 Å². The lowest BCUT2D eigenvalue weighted by molar-refractivity contribution is 0.00578. The fraction of sp³-hybridized carbons (Fsp3) is 0.622. The van der Waals surface area contributed by atoms with Crippen LogP contribution in [0.1, 0.15) is 65.5 Å². The van der Waals surface area contributed by atoms with Crippen LogP contribution in [-0.2, 0) is 28.3 Å². The molecule has 392 valence electrons. The summed E-state index contributed by atoms with van der Waals surface area (Å²) in [6.07, 6.45) is -1.25. The molecule has 5 aliphatic rings.